The number of hydrogen-bond acceptors (Lipinski definition) is 7. The average molecular weight is 511 g/mol. The van der Waals surface area contributed by atoms with E-state index in [-0.39, 0.29) is 11.8 Å². The van der Waals surface area contributed by atoms with Crippen molar-refractivity contribution < 1.29 is 4.79 Å². The van der Waals surface area contributed by atoms with Crippen molar-refractivity contribution >= 4 is 40.2 Å². The maximum Gasteiger partial charge on any atom is 0.229 e. The highest BCUT2D eigenvalue weighted by Crippen LogP contribution is 2.48. The normalized spacial score (nSPS) is 19.5. The SMILES string of the molecule is CCN1CCN(c2nc(Nc3cccc(NC(=O)[C@@H]4C[C@H]4c4ccccc4)c3)c3ncn(CC)c3n2)CC1. The lowest BCUT2D eigenvalue weighted by Crippen LogP contribution is -2.46. The number of benzene rings is 2. The molecule has 0 spiro atoms. The Hall–Kier alpha value is -3.98. The molecule has 1 saturated heterocycles. The Bertz CT molecular complexity index is 1430. The van der Waals surface area contributed by atoms with Gasteiger partial charge in [-0.2, -0.15) is 9.97 Å². The average Bonchev–Trinajstić information content (AvgIpc) is 3.66. The standard InChI is InChI=1S/C29H34N8O/c1-3-35-13-15-37(16-14-35)29-33-26(25-27(34-29)36(4-2)19-30-25)31-21-11-8-12-22(17-21)32-28(38)24-18-23(24)20-9-6-5-7-10-20/h5-12,17,19,23-24H,3-4,13-16,18H2,1-2H3,(H,32,38)(H,31,33,34)/t23-,24+/m0/s1. The highest BCUT2D eigenvalue weighted by atomic mass is 16.2. The molecule has 0 unspecified atom stereocenters. The molecule has 9 heteroatoms. The second-order valence-corrected chi connectivity index (χ2v) is 10.1. The number of likely N-dealkylation sites (N-methyl/N-ethyl adjacent to an activating group) is 1. The van der Waals surface area contributed by atoms with E-state index in [2.05, 4.69) is 51.4 Å². The molecule has 1 saturated carbocycles. The van der Waals surface area contributed by atoms with E-state index in [1.54, 1.807) is 0 Å². The summed E-state index contributed by atoms with van der Waals surface area (Å²) in [5.41, 5.74) is 4.39. The molecule has 1 amide bonds. The van der Waals surface area contributed by atoms with E-state index >= 15 is 0 Å². The zero-order valence-electron chi connectivity index (χ0n) is 22.0. The Morgan fingerprint density at radius 1 is 0.947 bits per heavy atom. The summed E-state index contributed by atoms with van der Waals surface area (Å²) in [6, 6.07) is 18.0. The second-order valence-electron chi connectivity index (χ2n) is 10.1. The Morgan fingerprint density at radius 2 is 1.74 bits per heavy atom. The van der Waals surface area contributed by atoms with Crippen LogP contribution in [0.4, 0.5) is 23.1 Å². The summed E-state index contributed by atoms with van der Waals surface area (Å²) in [6.45, 7) is 9.92. The highest BCUT2D eigenvalue weighted by Gasteiger charge is 2.43. The van der Waals surface area contributed by atoms with E-state index in [4.69, 9.17) is 9.97 Å². The first-order valence-electron chi connectivity index (χ1n) is 13.6. The van der Waals surface area contributed by atoms with Gasteiger partial charge in [0.2, 0.25) is 11.9 Å². The number of amides is 1. The van der Waals surface area contributed by atoms with E-state index in [0.29, 0.717) is 11.7 Å². The van der Waals surface area contributed by atoms with Crippen molar-refractivity contribution in [2.24, 2.45) is 5.92 Å². The molecule has 6 rings (SSSR count). The molecule has 2 fully saturated rings. The van der Waals surface area contributed by atoms with Gasteiger partial charge in [-0.3, -0.25) is 4.79 Å². The molecule has 1 aliphatic carbocycles. The zero-order chi connectivity index (χ0) is 26.1. The number of anilines is 4. The third-order valence-corrected chi connectivity index (χ3v) is 7.64. The number of hydrogen-bond donors (Lipinski definition) is 2. The minimum Gasteiger partial charge on any atom is -0.338 e. The van der Waals surface area contributed by atoms with Crippen molar-refractivity contribution in [3.63, 3.8) is 0 Å². The quantitative estimate of drug-likeness (QED) is 0.361. The lowest BCUT2D eigenvalue weighted by Gasteiger charge is -2.34. The van der Waals surface area contributed by atoms with Gasteiger partial charge < -0.3 is 25.0 Å². The molecular formula is C29H34N8O. The molecule has 2 aromatic carbocycles. The Labute approximate surface area is 222 Å². The van der Waals surface area contributed by atoms with Gasteiger partial charge in [-0.05, 0) is 49.6 Å². The molecule has 2 aliphatic rings. The van der Waals surface area contributed by atoms with Crippen LogP contribution in [0.5, 0.6) is 0 Å². The van der Waals surface area contributed by atoms with E-state index in [1.165, 1.54) is 5.56 Å². The fraction of sp³-hybridized carbons (Fsp3) is 0.379. The predicted molar refractivity (Wildman–Crippen MR) is 151 cm³/mol. The van der Waals surface area contributed by atoms with E-state index < -0.39 is 0 Å². The summed E-state index contributed by atoms with van der Waals surface area (Å²) in [5.74, 6) is 1.78. The van der Waals surface area contributed by atoms with Crippen LogP contribution >= 0.6 is 0 Å². The number of piperazine rings is 1. The first kappa shape index (κ1) is 24.4. The largest absolute Gasteiger partial charge is 0.338 e. The Balaban J connectivity index is 1.21. The molecule has 2 atom stereocenters. The van der Waals surface area contributed by atoms with Gasteiger partial charge in [-0.25, -0.2) is 4.98 Å². The molecule has 0 radical (unpaired) electrons. The van der Waals surface area contributed by atoms with Crippen LogP contribution in [0.15, 0.2) is 60.9 Å². The summed E-state index contributed by atoms with van der Waals surface area (Å²) in [7, 11) is 0. The molecule has 196 valence electrons. The molecule has 2 N–H and O–H groups in total. The fourth-order valence-corrected chi connectivity index (χ4v) is 5.26. The number of carbonyl (C=O) groups excluding carboxylic acids is 1. The molecular weight excluding hydrogens is 476 g/mol. The fourth-order valence-electron chi connectivity index (χ4n) is 5.26. The molecule has 9 nitrogen and oxygen atoms in total. The van der Waals surface area contributed by atoms with Crippen LogP contribution in [-0.2, 0) is 11.3 Å². The van der Waals surface area contributed by atoms with Crippen molar-refractivity contribution in [1.29, 1.82) is 0 Å². The van der Waals surface area contributed by atoms with Crippen molar-refractivity contribution in [1.82, 2.24) is 24.4 Å². The van der Waals surface area contributed by atoms with Crippen LogP contribution < -0.4 is 15.5 Å². The second kappa shape index (κ2) is 10.4. The van der Waals surface area contributed by atoms with Crippen LogP contribution in [-0.4, -0.2) is 63.0 Å². The number of aryl methyl sites for hydroxylation is 1. The van der Waals surface area contributed by atoms with Crippen LogP contribution in [0, 0.1) is 5.92 Å². The Morgan fingerprint density at radius 3 is 2.50 bits per heavy atom. The van der Waals surface area contributed by atoms with Crippen LogP contribution in [0.2, 0.25) is 0 Å². The Kier molecular flexibility index (Phi) is 6.68. The van der Waals surface area contributed by atoms with Gasteiger partial charge >= 0.3 is 0 Å². The zero-order valence-corrected chi connectivity index (χ0v) is 22.0. The molecule has 3 heterocycles. The minimum atomic E-state index is 0.0178. The van der Waals surface area contributed by atoms with Crippen LogP contribution in [0.3, 0.4) is 0 Å². The van der Waals surface area contributed by atoms with Gasteiger partial charge in [0.1, 0.15) is 0 Å². The van der Waals surface area contributed by atoms with Gasteiger partial charge in [0.25, 0.3) is 0 Å². The van der Waals surface area contributed by atoms with Gasteiger partial charge in [0.15, 0.2) is 17.0 Å². The summed E-state index contributed by atoms with van der Waals surface area (Å²) in [4.78, 5) is 32.0. The van der Waals surface area contributed by atoms with E-state index in [9.17, 15) is 4.79 Å². The summed E-state index contributed by atoms with van der Waals surface area (Å²) in [6.07, 6.45) is 2.71. The van der Waals surface area contributed by atoms with Crippen molar-refractivity contribution in [3.8, 4) is 0 Å². The van der Waals surface area contributed by atoms with Gasteiger partial charge in [0, 0.05) is 50.0 Å². The van der Waals surface area contributed by atoms with Crippen molar-refractivity contribution in [2.75, 3.05) is 48.3 Å². The third-order valence-electron chi connectivity index (χ3n) is 7.64. The van der Waals surface area contributed by atoms with Crippen molar-refractivity contribution in [3.05, 3.63) is 66.5 Å². The topological polar surface area (TPSA) is 91.2 Å². The molecule has 38 heavy (non-hydrogen) atoms. The predicted octanol–water partition coefficient (Wildman–Crippen LogP) is 4.47. The monoisotopic (exact) mass is 510 g/mol. The van der Waals surface area contributed by atoms with E-state index in [0.717, 1.165) is 74.2 Å². The maximum absolute atomic E-state index is 12.9. The number of carbonyl (C=O) groups is 1. The maximum atomic E-state index is 12.9. The smallest absolute Gasteiger partial charge is 0.229 e. The van der Waals surface area contributed by atoms with Gasteiger partial charge in [-0.1, -0.05) is 43.3 Å². The molecule has 1 aliphatic heterocycles. The van der Waals surface area contributed by atoms with Gasteiger partial charge in [-0.15, -0.1) is 0 Å². The molecule has 4 aromatic rings. The molecule has 2 aromatic heterocycles. The lowest BCUT2D eigenvalue weighted by molar-refractivity contribution is -0.117. The van der Waals surface area contributed by atoms with Gasteiger partial charge in [0.05, 0.1) is 6.33 Å². The summed E-state index contributed by atoms with van der Waals surface area (Å²) in [5, 5.41) is 6.57. The van der Waals surface area contributed by atoms with E-state index in [1.807, 2.05) is 53.4 Å². The summed E-state index contributed by atoms with van der Waals surface area (Å²) < 4.78 is 2.05. The third kappa shape index (κ3) is 4.93. The number of rotatable bonds is 8. The van der Waals surface area contributed by atoms with Crippen LogP contribution in [0.1, 0.15) is 31.7 Å². The van der Waals surface area contributed by atoms with Crippen LogP contribution in [0.25, 0.3) is 11.2 Å². The lowest BCUT2D eigenvalue weighted by atomic mass is 10.1. The highest BCUT2D eigenvalue weighted by molar-refractivity contribution is 5.96. The first-order valence-corrected chi connectivity index (χ1v) is 13.6. The first-order chi connectivity index (χ1) is 18.6. The number of aromatic nitrogens is 4. The summed E-state index contributed by atoms with van der Waals surface area (Å²) >= 11 is 0. The number of imidazole rings is 1. The number of fused-ring (bicyclic) bond motifs is 1. The number of nitrogens with zero attached hydrogens (tertiary/aromatic N) is 6. The molecule has 0 bridgehead atoms. The van der Waals surface area contributed by atoms with Crippen molar-refractivity contribution in [2.45, 2.75) is 32.7 Å². The number of nitrogens with one attached hydrogen (secondary N) is 2. The minimum absolute atomic E-state index is 0.0178.